The number of anilines is 1. The summed E-state index contributed by atoms with van der Waals surface area (Å²) in [4.78, 5) is 15.9. The number of amides is 2. The third-order valence-corrected chi connectivity index (χ3v) is 3.37. The maximum absolute atomic E-state index is 12.3. The molecule has 1 heterocycles. The van der Waals surface area contributed by atoms with Crippen LogP contribution in [0.3, 0.4) is 0 Å². The normalized spacial score (nSPS) is 15.3. The van der Waals surface area contributed by atoms with Crippen LogP contribution in [0, 0.1) is 0 Å². The Morgan fingerprint density at radius 1 is 1.17 bits per heavy atom. The maximum atomic E-state index is 12.3. The number of benzene rings is 1. The number of carbonyl (C=O) groups excluding carboxylic acids is 1. The summed E-state index contributed by atoms with van der Waals surface area (Å²) in [5, 5.41) is 0. The monoisotopic (exact) mass is 248 g/mol. The lowest BCUT2D eigenvalue weighted by molar-refractivity contribution is 0.194. The summed E-state index contributed by atoms with van der Waals surface area (Å²) in [5.74, 6) is 0.803. The van der Waals surface area contributed by atoms with E-state index in [1.165, 1.54) is 6.42 Å². The summed E-state index contributed by atoms with van der Waals surface area (Å²) in [6, 6.07) is 7.63. The van der Waals surface area contributed by atoms with Crippen molar-refractivity contribution in [3.8, 4) is 5.75 Å². The average Bonchev–Trinajstić information content (AvgIpc) is 2.47. The second-order valence-corrected chi connectivity index (χ2v) is 4.59. The van der Waals surface area contributed by atoms with Crippen molar-refractivity contribution >= 4 is 11.7 Å². The van der Waals surface area contributed by atoms with Crippen LogP contribution in [0.1, 0.15) is 19.3 Å². The zero-order chi connectivity index (χ0) is 13.0. The minimum atomic E-state index is 0.0832. The first-order chi connectivity index (χ1) is 8.72. The summed E-state index contributed by atoms with van der Waals surface area (Å²) in [7, 11) is 3.45. The number of hydrogen-bond acceptors (Lipinski definition) is 2. The molecule has 4 heteroatoms. The van der Waals surface area contributed by atoms with Crippen LogP contribution in [0.25, 0.3) is 0 Å². The first kappa shape index (κ1) is 12.7. The number of nitrogens with zero attached hydrogens (tertiary/aromatic N) is 2. The highest BCUT2D eigenvalue weighted by Gasteiger charge is 2.20. The van der Waals surface area contributed by atoms with E-state index in [-0.39, 0.29) is 6.03 Å². The van der Waals surface area contributed by atoms with Crippen LogP contribution in [0.4, 0.5) is 10.5 Å². The Kier molecular flexibility index (Phi) is 4.07. The van der Waals surface area contributed by atoms with Crippen molar-refractivity contribution in [1.82, 2.24) is 4.90 Å². The molecule has 0 N–H and O–H groups in total. The predicted molar refractivity (Wildman–Crippen MR) is 72.2 cm³/mol. The molecule has 18 heavy (non-hydrogen) atoms. The first-order valence-corrected chi connectivity index (χ1v) is 6.39. The number of methoxy groups -OCH3 is 1. The van der Waals surface area contributed by atoms with Crippen molar-refractivity contribution in [1.29, 1.82) is 0 Å². The zero-order valence-electron chi connectivity index (χ0n) is 11.1. The van der Waals surface area contributed by atoms with Gasteiger partial charge >= 0.3 is 6.03 Å². The van der Waals surface area contributed by atoms with Gasteiger partial charge in [0.2, 0.25) is 0 Å². The molecule has 1 aliphatic heterocycles. The molecule has 0 unspecified atom stereocenters. The number of urea groups is 1. The fourth-order valence-electron chi connectivity index (χ4n) is 2.21. The molecule has 1 aliphatic rings. The summed E-state index contributed by atoms with van der Waals surface area (Å²) < 4.78 is 5.11. The van der Waals surface area contributed by atoms with Gasteiger partial charge in [-0.05, 0) is 43.5 Å². The van der Waals surface area contributed by atoms with Crippen LogP contribution < -0.4 is 9.64 Å². The van der Waals surface area contributed by atoms with Crippen LogP contribution >= 0.6 is 0 Å². The number of likely N-dealkylation sites (tertiary alicyclic amines) is 1. The molecule has 2 amide bonds. The van der Waals surface area contributed by atoms with Gasteiger partial charge in [-0.1, -0.05) is 0 Å². The van der Waals surface area contributed by atoms with Crippen LogP contribution in [0.2, 0.25) is 0 Å². The largest absolute Gasteiger partial charge is 0.497 e. The van der Waals surface area contributed by atoms with E-state index < -0.39 is 0 Å². The Labute approximate surface area is 108 Å². The standard InChI is InChI=1S/C14H20N2O2/c1-15(12-6-8-13(18-2)9-7-12)14(17)16-10-4-3-5-11-16/h6-9H,3-5,10-11H2,1-2H3. The summed E-state index contributed by atoms with van der Waals surface area (Å²) in [6.45, 7) is 1.75. The molecule has 2 rings (SSSR count). The lowest BCUT2D eigenvalue weighted by Gasteiger charge is -2.31. The molecular formula is C14H20N2O2. The van der Waals surface area contributed by atoms with Crippen molar-refractivity contribution in [3.63, 3.8) is 0 Å². The highest BCUT2D eigenvalue weighted by Crippen LogP contribution is 2.20. The van der Waals surface area contributed by atoms with Gasteiger partial charge < -0.3 is 9.64 Å². The topological polar surface area (TPSA) is 32.8 Å². The van der Waals surface area contributed by atoms with E-state index in [4.69, 9.17) is 4.74 Å². The number of hydrogen-bond donors (Lipinski definition) is 0. The third-order valence-electron chi connectivity index (χ3n) is 3.37. The Morgan fingerprint density at radius 2 is 1.78 bits per heavy atom. The molecule has 0 bridgehead atoms. The highest BCUT2D eigenvalue weighted by molar-refractivity contribution is 5.91. The molecule has 98 valence electrons. The smallest absolute Gasteiger partial charge is 0.324 e. The van der Waals surface area contributed by atoms with Gasteiger partial charge in [0.1, 0.15) is 5.75 Å². The third kappa shape index (κ3) is 2.75. The van der Waals surface area contributed by atoms with E-state index in [2.05, 4.69) is 0 Å². The summed E-state index contributed by atoms with van der Waals surface area (Å²) in [6.07, 6.45) is 3.46. The Morgan fingerprint density at radius 3 is 2.33 bits per heavy atom. The maximum Gasteiger partial charge on any atom is 0.324 e. The summed E-state index contributed by atoms with van der Waals surface area (Å²) >= 11 is 0. The van der Waals surface area contributed by atoms with Gasteiger partial charge in [-0.15, -0.1) is 0 Å². The first-order valence-electron chi connectivity index (χ1n) is 6.39. The van der Waals surface area contributed by atoms with Gasteiger partial charge in [0.15, 0.2) is 0 Å². The minimum absolute atomic E-state index is 0.0832. The van der Waals surface area contributed by atoms with E-state index >= 15 is 0 Å². The van der Waals surface area contributed by atoms with E-state index in [1.54, 1.807) is 12.0 Å². The lowest BCUT2D eigenvalue weighted by Crippen LogP contribution is -2.43. The molecule has 0 spiro atoms. The van der Waals surface area contributed by atoms with Gasteiger partial charge in [0, 0.05) is 25.8 Å². The molecule has 0 aliphatic carbocycles. The molecule has 0 saturated carbocycles. The van der Waals surface area contributed by atoms with Gasteiger partial charge in [-0.2, -0.15) is 0 Å². The summed E-state index contributed by atoms with van der Waals surface area (Å²) in [5.41, 5.74) is 0.895. The molecule has 1 saturated heterocycles. The van der Waals surface area contributed by atoms with Gasteiger partial charge in [0.05, 0.1) is 7.11 Å². The molecule has 0 radical (unpaired) electrons. The van der Waals surface area contributed by atoms with Crippen molar-refractivity contribution in [3.05, 3.63) is 24.3 Å². The van der Waals surface area contributed by atoms with Crippen LogP contribution in [0.15, 0.2) is 24.3 Å². The molecule has 1 aromatic rings. The van der Waals surface area contributed by atoms with E-state index in [0.717, 1.165) is 37.4 Å². The second kappa shape index (κ2) is 5.76. The molecular weight excluding hydrogens is 228 g/mol. The van der Waals surface area contributed by atoms with Crippen molar-refractivity contribution in [2.75, 3.05) is 32.1 Å². The molecule has 4 nitrogen and oxygen atoms in total. The Bertz CT molecular complexity index is 397. The second-order valence-electron chi connectivity index (χ2n) is 4.59. The number of rotatable bonds is 2. The van der Waals surface area contributed by atoms with E-state index in [9.17, 15) is 4.79 Å². The predicted octanol–water partition coefficient (Wildman–Crippen LogP) is 2.74. The van der Waals surface area contributed by atoms with Crippen molar-refractivity contribution < 1.29 is 9.53 Å². The Balaban J connectivity index is 2.04. The Hall–Kier alpha value is -1.71. The lowest BCUT2D eigenvalue weighted by atomic mass is 10.1. The fraction of sp³-hybridized carbons (Fsp3) is 0.500. The quantitative estimate of drug-likeness (QED) is 0.806. The van der Waals surface area contributed by atoms with Gasteiger partial charge in [0.25, 0.3) is 0 Å². The van der Waals surface area contributed by atoms with Crippen LogP contribution in [-0.2, 0) is 0 Å². The number of carbonyl (C=O) groups is 1. The molecule has 0 aromatic heterocycles. The molecule has 1 aromatic carbocycles. The fourth-order valence-corrected chi connectivity index (χ4v) is 2.21. The van der Waals surface area contributed by atoms with Crippen LogP contribution in [-0.4, -0.2) is 38.2 Å². The van der Waals surface area contributed by atoms with Crippen LogP contribution in [0.5, 0.6) is 5.75 Å². The average molecular weight is 248 g/mol. The van der Waals surface area contributed by atoms with Gasteiger partial charge in [-0.25, -0.2) is 4.79 Å². The van der Waals surface area contributed by atoms with Crippen molar-refractivity contribution in [2.45, 2.75) is 19.3 Å². The van der Waals surface area contributed by atoms with E-state index in [1.807, 2.05) is 36.2 Å². The van der Waals surface area contributed by atoms with Crippen molar-refractivity contribution in [2.24, 2.45) is 0 Å². The van der Waals surface area contributed by atoms with Gasteiger partial charge in [-0.3, -0.25) is 4.90 Å². The molecule has 1 fully saturated rings. The highest BCUT2D eigenvalue weighted by atomic mass is 16.5. The van der Waals surface area contributed by atoms with E-state index in [0.29, 0.717) is 0 Å². The number of piperidine rings is 1. The zero-order valence-corrected chi connectivity index (χ0v) is 11.1. The SMILES string of the molecule is COc1ccc(N(C)C(=O)N2CCCCC2)cc1. The molecule has 0 atom stereocenters. The minimum Gasteiger partial charge on any atom is -0.497 e. The number of ether oxygens (including phenoxy) is 1.